The summed E-state index contributed by atoms with van der Waals surface area (Å²) in [6, 6.07) is 12.1. The molecular weight excluding hydrogens is 380 g/mol. The van der Waals surface area contributed by atoms with E-state index in [1.54, 1.807) is 6.07 Å². The van der Waals surface area contributed by atoms with Gasteiger partial charge in [-0.05, 0) is 61.9 Å². The van der Waals surface area contributed by atoms with Crippen molar-refractivity contribution in [2.75, 3.05) is 22.1 Å². The van der Waals surface area contributed by atoms with Gasteiger partial charge >= 0.3 is 0 Å². The van der Waals surface area contributed by atoms with Gasteiger partial charge < -0.3 is 5.32 Å². The first kappa shape index (κ1) is 21.3. The van der Waals surface area contributed by atoms with Crippen molar-refractivity contribution in [3.8, 4) is 0 Å². The summed E-state index contributed by atoms with van der Waals surface area (Å²) >= 11 is 1.52. The first-order chi connectivity index (χ1) is 12.7. The summed E-state index contributed by atoms with van der Waals surface area (Å²) in [5.41, 5.74) is 3.23. The van der Waals surface area contributed by atoms with E-state index >= 15 is 0 Å². The highest BCUT2D eigenvalue weighted by Crippen LogP contribution is 2.28. The lowest BCUT2D eigenvalue weighted by atomic mass is 10.1. The summed E-state index contributed by atoms with van der Waals surface area (Å²) in [5.74, 6) is -0.345. The molecule has 0 saturated heterocycles. The molecule has 0 saturated carbocycles. The first-order valence-corrected chi connectivity index (χ1v) is 11.8. The highest BCUT2D eigenvalue weighted by atomic mass is 32.2. The van der Waals surface area contributed by atoms with Crippen molar-refractivity contribution in [2.24, 2.45) is 0 Å². The van der Waals surface area contributed by atoms with E-state index in [0.29, 0.717) is 17.8 Å². The Morgan fingerprint density at radius 1 is 1.15 bits per heavy atom. The zero-order chi connectivity index (χ0) is 20.2. The van der Waals surface area contributed by atoms with Crippen molar-refractivity contribution in [3.63, 3.8) is 0 Å². The summed E-state index contributed by atoms with van der Waals surface area (Å²) in [5, 5.41) is 2.89. The van der Waals surface area contributed by atoms with Crippen LogP contribution < -0.4 is 9.62 Å². The number of benzene rings is 2. The van der Waals surface area contributed by atoms with Gasteiger partial charge in [0.1, 0.15) is 6.04 Å². The number of aryl methyl sites for hydroxylation is 2. The van der Waals surface area contributed by atoms with E-state index in [0.717, 1.165) is 22.3 Å². The van der Waals surface area contributed by atoms with E-state index in [4.69, 9.17) is 0 Å². The predicted molar refractivity (Wildman–Crippen MR) is 114 cm³/mol. The zero-order valence-corrected chi connectivity index (χ0v) is 17.9. The lowest BCUT2D eigenvalue weighted by Gasteiger charge is -2.30. The summed E-state index contributed by atoms with van der Waals surface area (Å²) in [4.78, 5) is 13.9. The van der Waals surface area contributed by atoms with Crippen LogP contribution in [0.5, 0.6) is 0 Å². The molecule has 7 heteroatoms. The highest BCUT2D eigenvalue weighted by Gasteiger charge is 2.32. The number of rotatable bonds is 7. The number of hydrogen-bond donors (Lipinski definition) is 1. The Morgan fingerprint density at radius 2 is 1.81 bits per heavy atom. The molecule has 0 aliphatic carbocycles. The summed E-state index contributed by atoms with van der Waals surface area (Å²) in [6.07, 6.45) is 3.42. The Bertz CT molecular complexity index is 927. The van der Waals surface area contributed by atoms with Crippen LogP contribution >= 0.6 is 11.8 Å². The molecule has 2 aromatic carbocycles. The molecule has 0 fully saturated rings. The van der Waals surface area contributed by atoms with Gasteiger partial charge in [-0.1, -0.05) is 25.1 Å². The molecule has 5 nitrogen and oxygen atoms in total. The van der Waals surface area contributed by atoms with E-state index in [-0.39, 0.29) is 5.91 Å². The standard InChI is InChI=1S/C20H26N2O3S2/c1-6-18(20(23)21-17-9-7-8-10-19(17)26-4)22(27(5,24)25)16-12-11-14(2)15(3)13-16/h7-13,18H,6H2,1-5H3,(H,21,23)/t18-/m0/s1. The smallest absolute Gasteiger partial charge is 0.248 e. The van der Waals surface area contributed by atoms with Gasteiger partial charge in [0, 0.05) is 4.90 Å². The van der Waals surface area contributed by atoms with Crippen molar-refractivity contribution >= 4 is 39.1 Å². The fraction of sp³-hybridized carbons (Fsp3) is 0.350. The molecule has 0 spiro atoms. The Kier molecular flexibility index (Phi) is 6.95. The van der Waals surface area contributed by atoms with Crippen LogP contribution in [0.4, 0.5) is 11.4 Å². The van der Waals surface area contributed by atoms with Gasteiger partial charge in [0.2, 0.25) is 15.9 Å². The molecule has 146 valence electrons. The molecule has 0 aliphatic rings. The second-order valence-electron chi connectivity index (χ2n) is 6.44. The number of sulfonamides is 1. The zero-order valence-electron chi connectivity index (χ0n) is 16.3. The molecule has 0 heterocycles. The Labute approximate surface area is 166 Å². The average molecular weight is 407 g/mol. The molecular formula is C20H26N2O3S2. The van der Waals surface area contributed by atoms with Gasteiger partial charge in [0.25, 0.3) is 0 Å². The minimum Gasteiger partial charge on any atom is -0.323 e. The van der Waals surface area contributed by atoms with Crippen molar-refractivity contribution < 1.29 is 13.2 Å². The number of thioether (sulfide) groups is 1. The predicted octanol–water partition coefficient (Wildman–Crippen LogP) is 4.21. The lowest BCUT2D eigenvalue weighted by Crippen LogP contribution is -2.47. The molecule has 0 bridgehead atoms. The number of hydrogen-bond acceptors (Lipinski definition) is 4. The number of anilines is 2. The molecule has 0 radical (unpaired) electrons. The molecule has 1 N–H and O–H groups in total. The summed E-state index contributed by atoms with van der Waals surface area (Å²) < 4.78 is 26.3. The van der Waals surface area contributed by atoms with Crippen LogP contribution in [0.1, 0.15) is 24.5 Å². The number of amides is 1. The van der Waals surface area contributed by atoms with Gasteiger partial charge in [-0.25, -0.2) is 8.42 Å². The van der Waals surface area contributed by atoms with Crippen LogP contribution in [-0.2, 0) is 14.8 Å². The molecule has 1 amide bonds. The van der Waals surface area contributed by atoms with Crippen molar-refractivity contribution in [2.45, 2.75) is 38.1 Å². The normalized spacial score (nSPS) is 12.5. The Morgan fingerprint density at radius 3 is 2.37 bits per heavy atom. The number of nitrogens with one attached hydrogen (secondary N) is 1. The van der Waals surface area contributed by atoms with Crippen LogP contribution in [-0.4, -0.2) is 32.9 Å². The molecule has 0 aromatic heterocycles. The number of nitrogens with zero attached hydrogens (tertiary/aromatic N) is 1. The molecule has 1 atom stereocenters. The largest absolute Gasteiger partial charge is 0.323 e. The quantitative estimate of drug-likeness (QED) is 0.700. The van der Waals surface area contributed by atoms with Crippen molar-refractivity contribution in [1.29, 1.82) is 0 Å². The average Bonchev–Trinajstić information content (AvgIpc) is 2.61. The van der Waals surface area contributed by atoms with E-state index in [2.05, 4.69) is 5.32 Å². The van der Waals surface area contributed by atoms with Crippen LogP contribution in [0.2, 0.25) is 0 Å². The maximum absolute atomic E-state index is 13.0. The summed E-state index contributed by atoms with van der Waals surface area (Å²) in [7, 11) is -3.64. The molecule has 2 aromatic rings. The third-order valence-corrected chi connectivity index (χ3v) is 6.42. The monoisotopic (exact) mass is 406 g/mol. The van der Waals surface area contributed by atoms with Gasteiger partial charge in [-0.15, -0.1) is 11.8 Å². The molecule has 27 heavy (non-hydrogen) atoms. The van der Waals surface area contributed by atoms with Crippen molar-refractivity contribution in [3.05, 3.63) is 53.6 Å². The van der Waals surface area contributed by atoms with E-state index in [9.17, 15) is 13.2 Å². The topological polar surface area (TPSA) is 66.5 Å². The number of carbonyl (C=O) groups is 1. The van der Waals surface area contributed by atoms with Gasteiger partial charge in [0.15, 0.2) is 0 Å². The molecule has 0 unspecified atom stereocenters. The first-order valence-electron chi connectivity index (χ1n) is 8.69. The maximum atomic E-state index is 13.0. The fourth-order valence-electron chi connectivity index (χ4n) is 2.89. The number of para-hydroxylation sites is 1. The fourth-order valence-corrected chi connectivity index (χ4v) is 4.64. The second-order valence-corrected chi connectivity index (χ2v) is 9.15. The summed E-state index contributed by atoms with van der Waals surface area (Å²) in [6.45, 7) is 5.70. The minimum absolute atomic E-state index is 0.345. The van der Waals surface area contributed by atoms with Crippen molar-refractivity contribution in [1.82, 2.24) is 0 Å². The van der Waals surface area contributed by atoms with E-state index in [1.807, 2.05) is 63.4 Å². The van der Waals surface area contributed by atoms with Crippen LogP contribution in [0, 0.1) is 13.8 Å². The lowest BCUT2D eigenvalue weighted by molar-refractivity contribution is -0.117. The SMILES string of the molecule is CC[C@@H](C(=O)Nc1ccccc1SC)N(c1ccc(C)c(C)c1)S(C)(=O)=O. The Hall–Kier alpha value is -1.99. The maximum Gasteiger partial charge on any atom is 0.248 e. The molecule has 0 aliphatic heterocycles. The van der Waals surface area contributed by atoms with Gasteiger partial charge in [-0.3, -0.25) is 9.10 Å². The minimum atomic E-state index is -3.64. The van der Waals surface area contributed by atoms with Crippen LogP contribution in [0.3, 0.4) is 0 Å². The molecule has 2 rings (SSSR count). The van der Waals surface area contributed by atoms with Crippen LogP contribution in [0.25, 0.3) is 0 Å². The Balaban J connectivity index is 2.43. The van der Waals surface area contributed by atoms with Crippen LogP contribution in [0.15, 0.2) is 47.4 Å². The van der Waals surface area contributed by atoms with E-state index in [1.165, 1.54) is 16.1 Å². The van der Waals surface area contributed by atoms with Gasteiger partial charge in [-0.2, -0.15) is 0 Å². The number of carbonyl (C=O) groups excluding carboxylic acids is 1. The third-order valence-electron chi connectivity index (χ3n) is 4.44. The van der Waals surface area contributed by atoms with E-state index < -0.39 is 16.1 Å². The van der Waals surface area contributed by atoms with Gasteiger partial charge in [0.05, 0.1) is 17.6 Å². The second kappa shape index (κ2) is 8.80. The third kappa shape index (κ3) is 5.05. The highest BCUT2D eigenvalue weighted by molar-refractivity contribution is 7.98.